The first-order chi connectivity index (χ1) is 20.3. The summed E-state index contributed by atoms with van der Waals surface area (Å²) in [7, 11) is 3.81. The molecule has 2 aromatic carbocycles. The van der Waals surface area contributed by atoms with E-state index in [-0.39, 0.29) is 16.9 Å². The van der Waals surface area contributed by atoms with E-state index >= 15 is 0 Å². The highest BCUT2D eigenvalue weighted by molar-refractivity contribution is 6.40. The molecule has 42 heavy (non-hydrogen) atoms. The Balaban J connectivity index is 1.52. The fraction of sp³-hybridized carbons (Fsp3) is 0.129. The monoisotopic (exact) mass is 554 g/mol. The van der Waals surface area contributed by atoms with Gasteiger partial charge in [0.15, 0.2) is 11.5 Å². The molecule has 4 heterocycles. The Morgan fingerprint density at radius 2 is 1.83 bits per heavy atom. The molecular formula is C31H27BN8O2. The number of para-hydroxylation sites is 1. The van der Waals surface area contributed by atoms with Gasteiger partial charge in [-0.15, -0.1) is 5.10 Å². The molecule has 0 spiro atoms. The summed E-state index contributed by atoms with van der Waals surface area (Å²) >= 11 is 0. The molecule has 1 amide bonds. The van der Waals surface area contributed by atoms with Crippen LogP contribution in [0.15, 0.2) is 78.0 Å². The number of aromatic nitrogens is 6. The molecule has 0 aliphatic rings. The Bertz CT molecular complexity index is 2130. The van der Waals surface area contributed by atoms with Crippen molar-refractivity contribution in [3.8, 4) is 17.5 Å². The van der Waals surface area contributed by atoms with Gasteiger partial charge in [-0.1, -0.05) is 47.6 Å². The molecule has 0 unspecified atom stereocenters. The summed E-state index contributed by atoms with van der Waals surface area (Å²) in [5.41, 5.74) is 10.9. The third-order valence-electron chi connectivity index (χ3n) is 7.50. The Labute approximate surface area is 242 Å². The van der Waals surface area contributed by atoms with Crippen LogP contribution in [-0.2, 0) is 7.05 Å². The number of aryl methyl sites for hydroxylation is 1. The predicted molar refractivity (Wildman–Crippen MR) is 165 cm³/mol. The van der Waals surface area contributed by atoms with E-state index in [4.69, 9.17) is 5.73 Å². The van der Waals surface area contributed by atoms with Crippen molar-refractivity contribution in [1.82, 2.24) is 34.3 Å². The van der Waals surface area contributed by atoms with E-state index in [0.29, 0.717) is 28.0 Å². The van der Waals surface area contributed by atoms with Gasteiger partial charge in [-0.25, -0.2) is 9.50 Å². The molecule has 0 fully saturated rings. The van der Waals surface area contributed by atoms with Gasteiger partial charge in [-0.05, 0) is 43.5 Å². The zero-order chi connectivity index (χ0) is 29.5. The highest BCUT2D eigenvalue weighted by atomic mass is 16.2. The second-order valence-electron chi connectivity index (χ2n) is 10.1. The molecule has 0 saturated carbocycles. The molecule has 0 aliphatic carbocycles. The fourth-order valence-corrected chi connectivity index (χ4v) is 5.29. The first-order valence-electron chi connectivity index (χ1n) is 13.4. The maximum absolute atomic E-state index is 14.4. The SMILES string of the molecule is Bc1c([C@H](C)NC(=O)c2c(N)nn3cccnc23)n(-c2ccccc2)c(=O)c2c(C#Cc3cnn(C)c3C)cccc12. The quantitative estimate of drug-likeness (QED) is 0.253. The topological polar surface area (TPSA) is 125 Å². The number of carbonyl (C=O) groups is 1. The zero-order valence-electron chi connectivity index (χ0n) is 23.6. The molecule has 1 atom stereocenters. The van der Waals surface area contributed by atoms with Crippen LogP contribution in [0.5, 0.6) is 0 Å². The number of nitrogens with one attached hydrogen (secondary N) is 1. The lowest BCUT2D eigenvalue weighted by Gasteiger charge is -2.24. The maximum Gasteiger partial charge on any atom is 0.264 e. The molecule has 206 valence electrons. The number of pyridine rings is 1. The number of nitrogen functional groups attached to an aromatic ring is 1. The van der Waals surface area contributed by atoms with Crippen molar-refractivity contribution in [2.75, 3.05) is 5.73 Å². The maximum atomic E-state index is 14.4. The summed E-state index contributed by atoms with van der Waals surface area (Å²) in [5.74, 6) is 6.03. The van der Waals surface area contributed by atoms with Crippen molar-refractivity contribution >= 4 is 41.5 Å². The number of amides is 1. The van der Waals surface area contributed by atoms with Crippen LogP contribution in [0.25, 0.3) is 22.1 Å². The highest BCUT2D eigenvalue weighted by Crippen LogP contribution is 2.23. The summed E-state index contributed by atoms with van der Waals surface area (Å²) < 4.78 is 4.88. The molecular weight excluding hydrogens is 527 g/mol. The number of hydrogen-bond donors (Lipinski definition) is 2. The minimum Gasteiger partial charge on any atom is -0.381 e. The van der Waals surface area contributed by atoms with E-state index in [0.717, 1.165) is 22.1 Å². The van der Waals surface area contributed by atoms with Crippen molar-refractivity contribution in [2.45, 2.75) is 19.9 Å². The van der Waals surface area contributed by atoms with Gasteiger partial charge in [0.05, 0.1) is 28.9 Å². The Hall–Kier alpha value is -5.63. The van der Waals surface area contributed by atoms with E-state index in [2.05, 4.69) is 32.3 Å². The average molecular weight is 554 g/mol. The van der Waals surface area contributed by atoms with Gasteiger partial charge in [-0.2, -0.15) is 5.10 Å². The minimum atomic E-state index is -0.583. The number of hydrogen-bond acceptors (Lipinski definition) is 6. The summed E-state index contributed by atoms with van der Waals surface area (Å²) in [6.07, 6.45) is 4.97. The third kappa shape index (κ3) is 4.39. The molecule has 3 N–H and O–H groups in total. The fourth-order valence-electron chi connectivity index (χ4n) is 5.29. The Morgan fingerprint density at radius 1 is 1.07 bits per heavy atom. The van der Waals surface area contributed by atoms with E-state index in [9.17, 15) is 9.59 Å². The molecule has 4 aromatic heterocycles. The lowest BCUT2D eigenvalue weighted by Crippen LogP contribution is -2.38. The van der Waals surface area contributed by atoms with Crippen LogP contribution in [0.1, 0.15) is 45.8 Å². The van der Waals surface area contributed by atoms with Crippen molar-refractivity contribution in [1.29, 1.82) is 0 Å². The number of nitrogens with zero attached hydrogens (tertiary/aromatic N) is 6. The highest BCUT2D eigenvalue weighted by Gasteiger charge is 2.25. The first-order valence-corrected chi connectivity index (χ1v) is 13.4. The van der Waals surface area contributed by atoms with Crippen molar-refractivity contribution in [3.63, 3.8) is 0 Å². The van der Waals surface area contributed by atoms with Gasteiger partial charge in [0, 0.05) is 36.4 Å². The molecule has 6 rings (SSSR count). The summed E-state index contributed by atoms with van der Waals surface area (Å²) in [6.45, 7) is 3.79. The van der Waals surface area contributed by atoms with Crippen molar-refractivity contribution in [3.05, 3.63) is 112 Å². The van der Waals surface area contributed by atoms with Crippen molar-refractivity contribution in [2.24, 2.45) is 7.05 Å². The molecule has 0 aliphatic heterocycles. The second-order valence-corrected chi connectivity index (χ2v) is 10.1. The third-order valence-corrected chi connectivity index (χ3v) is 7.50. The standard InChI is InChI=1S/C31H27BN8O2/c1-18(36-30(41)25-28(33)37-39-16-8-15-34-29(25)39)27-26(32)23-12-7-9-20(13-14-21-17-35-38(3)19(21)2)24(23)31(42)40(27)22-10-5-4-6-11-22/h4-12,15-18H,32H2,1-3H3,(H2,33,37)(H,36,41)/t18-/m0/s1. The number of carbonyl (C=O) groups excluding carboxylic acids is 1. The normalized spacial score (nSPS) is 11.8. The number of anilines is 1. The van der Waals surface area contributed by atoms with E-state index in [1.54, 1.807) is 33.9 Å². The predicted octanol–water partition coefficient (Wildman–Crippen LogP) is 1.81. The van der Waals surface area contributed by atoms with E-state index in [1.807, 2.05) is 77.3 Å². The number of benzene rings is 2. The Morgan fingerprint density at radius 3 is 2.57 bits per heavy atom. The minimum absolute atomic E-state index is 0.0705. The van der Waals surface area contributed by atoms with Crippen LogP contribution >= 0.6 is 0 Å². The van der Waals surface area contributed by atoms with Crippen LogP contribution in [-0.4, -0.2) is 42.7 Å². The Kier molecular flexibility index (Phi) is 6.59. The van der Waals surface area contributed by atoms with E-state index < -0.39 is 11.9 Å². The average Bonchev–Trinajstić information content (AvgIpc) is 3.50. The van der Waals surface area contributed by atoms with Gasteiger partial charge >= 0.3 is 0 Å². The first kappa shape index (κ1) is 26.6. The molecule has 6 aromatic rings. The molecule has 11 heteroatoms. The van der Waals surface area contributed by atoms with Crippen molar-refractivity contribution < 1.29 is 4.79 Å². The van der Waals surface area contributed by atoms with Crippen LogP contribution < -0.4 is 22.1 Å². The smallest absolute Gasteiger partial charge is 0.264 e. The van der Waals surface area contributed by atoms with E-state index in [1.165, 1.54) is 4.52 Å². The number of nitrogens with two attached hydrogens (primary N) is 1. The number of fused-ring (bicyclic) bond motifs is 2. The van der Waals surface area contributed by atoms with Crippen LogP contribution in [0.3, 0.4) is 0 Å². The molecule has 0 radical (unpaired) electrons. The lowest BCUT2D eigenvalue weighted by atomic mass is 9.85. The van der Waals surface area contributed by atoms with Gasteiger partial charge < -0.3 is 11.1 Å². The van der Waals surface area contributed by atoms with Gasteiger partial charge in [0.1, 0.15) is 13.4 Å². The lowest BCUT2D eigenvalue weighted by molar-refractivity contribution is 0.0941. The van der Waals surface area contributed by atoms with Gasteiger partial charge in [-0.3, -0.25) is 18.8 Å². The molecule has 0 saturated heterocycles. The largest absolute Gasteiger partial charge is 0.381 e. The molecule has 0 bridgehead atoms. The zero-order valence-corrected chi connectivity index (χ0v) is 23.6. The van der Waals surface area contributed by atoms with Gasteiger partial charge in [0.2, 0.25) is 0 Å². The van der Waals surface area contributed by atoms with Gasteiger partial charge in [0.25, 0.3) is 11.5 Å². The second kappa shape index (κ2) is 10.4. The summed E-state index contributed by atoms with van der Waals surface area (Å²) in [6, 6.07) is 16.1. The molecule has 10 nitrogen and oxygen atoms in total. The summed E-state index contributed by atoms with van der Waals surface area (Å²) in [5, 5.41) is 12.8. The van der Waals surface area contributed by atoms with Crippen LogP contribution in [0.4, 0.5) is 5.82 Å². The van der Waals surface area contributed by atoms with Crippen LogP contribution in [0, 0.1) is 18.8 Å². The summed E-state index contributed by atoms with van der Waals surface area (Å²) in [4.78, 5) is 32.2. The number of rotatable bonds is 4. The van der Waals surface area contributed by atoms with Crippen LogP contribution in [0.2, 0.25) is 0 Å².